The van der Waals surface area contributed by atoms with Gasteiger partial charge < -0.3 is 10.6 Å². The van der Waals surface area contributed by atoms with E-state index in [1.807, 2.05) is 6.92 Å². The Kier molecular flexibility index (Phi) is 3.78. The summed E-state index contributed by atoms with van der Waals surface area (Å²) < 4.78 is 0. The fourth-order valence-electron chi connectivity index (χ4n) is 2.72. The van der Waals surface area contributed by atoms with Crippen molar-refractivity contribution in [3.63, 3.8) is 0 Å². The summed E-state index contributed by atoms with van der Waals surface area (Å²) in [6, 6.07) is 0. The van der Waals surface area contributed by atoms with Crippen molar-refractivity contribution in [2.24, 2.45) is 17.8 Å². The molecule has 0 unspecified atom stereocenters. The minimum absolute atomic E-state index is 0.604. The van der Waals surface area contributed by atoms with Crippen LogP contribution in [0.4, 0.5) is 11.8 Å². The largest absolute Gasteiger partial charge is 0.368 e. The van der Waals surface area contributed by atoms with E-state index in [-0.39, 0.29) is 0 Å². The van der Waals surface area contributed by atoms with Gasteiger partial charge in [-0.15, -0.1) is 0 Å². The van der Waals surface area contributed by atoms with E-state index in [0.29, 0.717) is 11.0 Å². The molecule has 2 N–H and O–H groups in total. The van der Waals surface area contributed by atoms with E-state index in [4.69, 9.17) is 11.6 Å². The summed E-state index contributed by atoms with van der Waals surface area (Å²) in [4.78, 5) is 8.58. The van der Waals surface area contributed by atoms with Crippen molar-refractivity contribution in [2.45, 2.75) is 32.6 Å². The molecule has 0 aromatic carbocycles. The molecule has 0 amide bonds. The van der Waals surface area contributed by atoms with Gasteiger partial charge in [-0.3, -0.25) is 0 Å². The standard InChI is InChI=1S/C14H21ClN4/c1-2-16-14-18-8-12(15)13(19-14)17-7-11(9-3-4-9)10-5-6-10/h8-11H,2-7H2,1H3,(H2,16,17,18,19). The predicted octanol–water partition coefficient (Wildman–Crippen LogP) is 3.41. The SMILES string of the molecule is CCNc1ncc(Cl)c(NCC(C2CC2)C2CC2)n1. The maximum Gasteiger partial charge on any atom is 0.224 e. The van der Waals surface area contributed by atoms with Crippen LogP contribution in [0.3, 0.4) is 0 Å². The fourth-order valence-corrected chi connectivity index (χ4v) is 2.87. The van der Waals surface area contributed by atoms with Crippen LogP contribution in [-0.4, -0.2) is 23.1 Å². The molecule has 0 spiro atoms. The van der Waals surface area contributed by atoms with Gasteiger partial charge in [-0.2, -0.15) is 4.98 Å². The predicted molar refractivity (Wildman–Crippen MR) is 78.6 cm³/mol. The minimum Gasteiger partial charge on any atom is -0.368 e. The minimum atomic E-state index is 0.604. The number of rotatable bonds is 7. The number of nitrogens with one attached hydrogen (secondary N) is 2. The van der Waals surface area contributed by atoms with Crippen LogP contribution in [0.5, 0.6) is 0 Å². The lowest BCUT2D eigenvalue weighted by molar-refractivity contribution is 0.427. The third-order valence-electron chi connectivity index (χ3n) is 4.04. The molecule has 0 bridgehead atoms. The van der Waals surface area contributed by atoms with Crippen molar-refractivity contribution in [3.05, 3.63) is 11.2 Å². The van der Waals surface area contributed by atoms with Crippen LogP contribution in [0.2, 0.25) is 5.02 Å². The fraction of sp³-hybridized carbons (Fsp3) is 0.714. The second kappa shape index (κ2) is 5.53. The lowest BCUT2D eigenvalue weighted by atomic mass is 9.98. The van der Waals surface area contributed by atoms with Crippen LogP contribution in [0.1, 0.15) is 32.6 Å². The molecule has 104 valence electrons. The molecule has 2 aliphatic rings. The Balaban J connectivity index is 1.62. The van der Waals surface area contributed by atoms with Gasteiger partial charge in [-0.25, -0.2) is 4.98 Å². The molecule has 2 saturated carbocycles. The molecular formula is C14H21ClN4. The summed E-state index contributed by atoms with van der Waals surface area (Å²) in [5.41, 5.74) is 0. The Bertz CT molecular complexity index is 431. The van der Waals surface area contributed by atoms with E-state index in [1.165, 1.54) is 25.7 Å². The zero-order valence-electron chi connectivity index (χ0n) is 11.3. The maximum atomic E-state index is 6.15. The number of nitrogens with zero attached hydrogens (tertiary/aromatic N) is 2. The zero-order chi connectivity index (χ0) is 13.2. The summed E-state index contributed by atoms with van der Waals surface area (Å²) in [7, 11) is 0. The van der Waals surface area contributed by atoms with Gasteiger partial charge in [0.25, 0.3) is 0 Å². The molecule has 1 aromatic rings. The van der Waals surface area contributed by atoms with Crippen LogP contribution in [0.25, 0.3) is 0 Å². The molecular weight excluding hydrogens is 260 g/mol. The first-order valence-electron chi connectivity index (χ1n) is 7.28. The second-order valence-electron chi connectivity index (χ2n) is 5.64. The Morgan fingerprint density at radius 3 is 2.53 bits per heavy atom. The molecule has 4 nitrogen and oxygen atoms in total. The molecule has 3 rings (SSSR count). The van der Waals surface area contributed by atoms with Crippen LogP contribution >= 0.6 is 11.6 Å². The smallest absolute Gasteiger partial charge is 0.224 e. The van der Waals surface area contributed by atoms with Gasteiger partial charge in [0, 0.05) is 13.1 Å². The first-order chi connectivity index (χ1) is 9.28. The average Bonchev–Trinajstić information content (AvgIpc) is 3.27. The maximum absolute atomic E-state index is 6.15. The molecule has 0 saturated heterocycles. The molecule has 0 aliphatic heterocycles. The molecule has 2 fully saturated rings. The Morgan fingerprint density at radius 2 is 1.95 bits per heavy atom. The summed E-state index contributed by atoms with van der Waals surface area (Å²) >= 11 is 6.15. The van der Waals surface area contributed by atoms with E-state index in [1.54, 1.807) is 6.20 Å². The van der Waals surface area contributed by atoms with Crippen molar-refractivity contribution in [1.82, 2.24) is 9.97 Å². The first-order valence-corrected chi connectivity index (χ1v) is 7.66. The highest BCUT2D eigenvalue weighted by molar-refractivity contribution is 6.32. The molecule has 1 aromatic heterocycles. The molecule has 0 atom stereocenters. The van der Waals surface area contributed by atoms with Crippen molar-refractivity contribution < 1.29 is 0 Å². The summed E-state index contributed by atoms with van der Waals surface area (Å²) in [6.07, 6.45) is 7.29. The van der Waals surface area contributed by atoms with Gasteiger partial charge in [0.1, 0.15) is 10.8 Å². The third-order valence-corrected chi connectivity index (χ3v) is 4.32. The molecule has 1 heterocycles. The van der Waals surface area contributed by atoms with Crippen LogP contribution in [-0.2, 0) is 0 Å². The Hall–Kier alpha value is -1.03. The van der Waals surface area contributed by atoms with Crippen LogP contribution < -0.4 is 10.6 Å². The lowest BCUT2D eigenvalue weighted by Crippen LogP contribution is -2.19. The zero-order valence-corrected chi connectivity index (χ0v) is 12.1. The van der Waals surface area contributed by atoms with Gasteiger partial charge in [0.15, 0.2) is 0 Å². The second-order valence-corrected chi connectivity index (χ2v) is 6.05. The lowest BCUT2D eigenvalue weighted by Gasteiger charge is -2.17. The number of hydrogen-bond donors (Lipinski definition) is 2. The van der Waals surface area contributed by atoms with E-state index >= 15 is 0 Å². The highest BCUT2D eigenvalue weighted by Crippen LogP contribution is 2.49. The molecule has 5 heteroatoms. The van der Waals surface area contributed by atoms with Gasteiger partial charge in [0.2, 0.25) is 5.95 Å². The molecule has 0 radical (unpaired) electrons. The highest BCUT2D eigenvalue weighted by Gasteiger charge is 2.41. The summed E-state index contributed by atoms with van der Waals surface area (Å²) in [5, 5.41) is 7.15. The van der Waals surface area contributed by atoms with Gasteiger partial charge in [-0.1, -0.05) is 11.6 Å². The van der Waals surface area contributed by atoms with Gasteiger partial charge in [-0.05, 0) is 50.4 Å². The van der Waals surface area contributed by atoms with Gasteiger partial charge >= 0.3 is 0 Å². The van der Waals surface area contributed by atoms with Crippen LogP contribution in [0, 0.1) is 17.8 Å². The molecule has 2 aliphatic carbocycles. The first kappa shape index (κ1) is 13.0. The van der Waals surface area contributed by atoms with E-state index in [0.717, 1.165) is 36.7 Å². The number of aromatic nitrogens is 2. The number of anilines is 2. The molecule has 19 heavy (non-hydrogen) atoms. The summed E-state index contributed by atoms with van der Waals surface area (Å²) in [6.45, 7) is 3.84. The summed E-state index contributed by atoms with van der Waals surface area (Å²) in [5.74, 6) is 4.10. The quantitative estimate of drug-likeness (QED) is 0.804. The average molecular weight is 281 g/mol. The van der Waals surface area contributed by atoms with Crippen LogP contribution in [0.15, 0.2) is 6.20 Å². The normalized spacial score (nSPS) is 18.7. The Morgan fingerprint density at radius 1 is 1.26 bits per heavy atom. The topological polar surface area (TPSA) is 49.8 Å². The third kappa shape index (κ3) is 3.30. The number of halogens is 1. The van der Waals surface area contributed by atoms with Crippen molar-refractivity contribution >= 4 is 23.4 Å². The monoisotopic (exact) mass is 280 g/mol. The van der Waals surface area contributed by atoms with E-state index in [2.05, 4.69) is 20.6 Å². The van der Waals surface area contributed by atoms with E-state index in [9.17, 15) is 0 Å². The van der Waals surface area contributed by atoms with Crippen molar-refractivity contribution in [1.29, 1.82) is 0 Å². The van der Waals surface area contributed by atoms with Gasteiger partial charge in [0.05, 0.1) is 6.20 Å². The van der Waals surface area contributed by atoms with E-state index < -0.39 is 0 Å². The highest BCUT2D eigenvalue weighted by atomic mass is 35.5. The number of hydrogen-bond acceptors (Lipinski definition) is 4. The van der Waals surface area contributed by atoms with Crippen molar-refractivity contribution in [2.75, 3.05) is 23.7 Å². The Labute approximate surface area is 119 Å². The van der Waals surface area contributed by atoms with Crippen molar-refractivity contribution in [3.8, 4) is 0 Å².